The van der Waals surface area contributed by atoms with E-state index in [0.717, 1.165) is 5.56 Å². The van der Waals surface area contributed by atoms with Gasteiger partial charge < -0.3 is 14.6 Å². The van der Waals surface area contributed by atoms with Crippen molar-refractivity contribution in [3.8, 4) is 5.75 Å². The molecule has 1 heterocycles. The fraction of sp³-hybridized carbons (Fsp3) is 0.316. The van der Waals surface area contributed by atoms with E-state index in [9.17, 15) is 9.90 Å². The molecule has 0 aliphatic carbocycles. The first kappa shape index (κ1) is 17.7. The Labute approximate surface area is 151 Å². The fourth-order valence-electron chi connectivity index (χ4n) is 3.11. The number of hydrogen-bond donors (Lipinski definition) is 1. The molecule has 2 aromatic carbocycles. The summed E-state index contributed by atoms with van der Waals surface area (Å²) in [6, 6.07) is 12.0. The van der Waals surface area contributed by atoms with Crippen LogP contribution in [-0.4, -0.2) is 49.4 Å². The Kier molecular flexibility index (Phi) is 5.58. The summed E-state index contributed by atoms with van der Waals surface area (Å²) in [5.41, 5.74) is 1.89. The van der Waals surface area contributed by atoms with Gasteiger partial charge in [-0.3, -0.25) is 4.90 Å². The SMILES string of the molecule is COC(=O)c1ccc(O)c(C(c2ccccc2Cl)N2CCOCC2)c1. The Hall–Kier alpha value is -2.08. The Morgan fingerprint density at radius 3 is 2.60 bits per heavy atom. The Morgan fingerprint density at radius 2 is 1.92 bits per heavy atom. The molecule has 25 heavy (non-hydrogen) atoms. The van der Waals surface area contributed by atoms with Crippen LogP contribution < -0.4 is 0 Å². The highest BCUT2D eigenvalue weighted by Gasteiger charge is 2.28. The topological polar surface area (TPSA) is 59.0 Å². The van der Waals surface area contributed by atoms with Crippen LogP contribution in [0.4, 0.5) is 0 Å². The molecule has 0 saturated carbocycles. The third-order valence-corrected chi connectivity index (χ3v) is 4.70. The van der Waals surface area contributed by atoms with Gasteiger partial charge in [-0.25, -0.2) is 4.79 Å². The van der Waals surface area contributed by atoms with Crippen molar-refractivity contribution >= 4 is 17.6 Å². The number of aromatic hydroxyl groups is 1. The van der Waals surface area contributed by atoms with Gasteiger partial charge >= 0.3 is 5.97 Å². The molecule has 2 aromatic rings. The maximum Gasteiger partial charge on any atom is 0.337 e. The third kappa shape index (κ3) is 3.79. The molecule has 1 saturated heterocycles. The average molecular weight is 362 g/mol. The van der Waals surface area contributed by atoms with Gasteiger partial charge in [0.15, 0.2) is 0 Å². The summed E-state index contributed by atoms with van der Waals surface area (Å²) < 4.78 is 10.3. The molecule has 0 aromatic heterocycles. The predicted molar refractivity (Wildman–Crippen MR) is 95.1 cm³/mol. The largest absolute Gasteiger partial charge is 0.508 e. The quantitative estimate of drug-likeness (QED) is 0.847. The normalized spacial score (nSPS) is 16.4. The van der Waals surface area contributed by atoms with E-state index in [-0.39, 0.29) is 11.8 Å². The van der Waals surface area contributed by atoms with Crippen LogP contribution in [0.5, 0.6) is 5.75 Å². The molecule has 1 aliphatic heterocycles. The van der Waals surface area contributed by atoms with Gasteiger partial charge in [-0.1, -0.05) is 29.8 Å². The number of esters is 1. The molecule has 1 aliphatic rings. The van der Waals surface area contributed by atoms with Gasteiger partial charge in [0.05, 0.1) is 31.9 Å². The summed E-state index contributed by atoms with van der Waals surface area (Å²) in [5, 5.41) is 11.1. The number of ether oxygens (including phenoxy) is 2. The van der Waals surface area contributed by atoms with Crippen LogP contribution in [0.2, 0.25) is 5.02 Å². The van der Waals surface area contributed by atoms with E-state index in [0.29, 0.717) is 42.5 Å². The molecule has 0 bridgehead atoms. The minimum atomic E-state index is -0.443. The van der Waals surface area contributed by atoms with Gasteiger partial charge in [0, 0.05) is 23.7 Å². The molecule has 1 atom stereocenters. The lowest BCUT2D eigenvalue weighted by molar-refractivity contribution is 0.0235. The van der Waals surface area contributed by atoms with Crippen molar-refractivity contribution in [3.05, 3.63) is 64.2 Å². The van der Waals surface area contributed by atoms with Crippen molar-refractivity contribution in [2.75, 3.05) is 33.4 Å². The predicted octanol–water partition coefficient (Wildman–Crippen LogP) is 3.25. The van der Waals surface area contributed by atoms with E-state index in [1.807, 2.05) is 24.3 Å². The molecular weight excluding hydrogens is 342 g/mol. The zero-order chi connectivity index (χ0) is 17.8. The molecular formula is C19H20ClNO4. The lowest BCUT2D eigenvalue weighted by Gasteiger charge is -2.35. The second-order valence-corrected chi connectivity index (χ2v) is 6.24. The summed E-state index contributed by atoms with van der Waals surface area (Å²) in [5.74, 6) is -0.329. The van der Waals surface area contributed by atoms with E-state index in [1.54, 1.807) is 12.1 Å². The standard InChI is InChI=1S/C19H20ClNO4/c1-24-19(23)13-6-7-17(22)15(12-13)18(21-8-10-25-11-9-21)14-4-2-3-5-16(14)20/h2-7,12,18,22H,8-11H2,1H3. The first-order chi connectivity index (χ1) is 12.1. The lowest BCUT2D eigenvalue weighted by atomic mass is 9.94. The van der Waals surface area contributed by atoms with Gasteiger partial charge in [-0.05, 0) is 29.8 Å². The molecule has 5 nitrogen and oxygen atoms in total. The Balaban J connectivity index is 2.11. The van der Waals surface area contributed by atoms with Gasteiger partial charge in [0.1, 0.15) is 5.75 Å². The molecule has 1 N–H and O–H groups in total. The van der Waals surface area contributed by atoms with Crippen molar-refractivity contribution in [2.45, 2.75) is 6.04 Å². The van der Waals surface area contributed by atoms with Gasteiger partial charge in [0.25, 0.3) is 0 Å². The maximum atomic E-state index is 11.9. The summed E-state index contributed by atoms with van der Waals surface area (Å²) in [6.07, 6.45) is 0. The van der Waals surface area contributed by atoms with E-state index in [2.05, 4.69) is 4.90 Å². The summed E-state index contributed by atoms with van der Waals surface area (Å²) in [4.78, 5) is 14.1. The number of phenols is 1. The highest BCUT2D eigenvalue weighted by molar-refractivity contribution is 6.31. The molecule has 0 radical (unpaired) electrons. The zero-order valence-electron chi connectivity index (χ0n) is 13.9. The molecule has 6 heteroatoms. The van der Waals surface area contributed by atoms with E-state index < -0.39 is 5.97 Å². The first-order valence-corrected chi connectivity index (χ1v) is 8.47. The minimum absolute atomic E-state index is 0.115. The zero-order valence-corrected chi connectivity index (χ0v) is 14.7. The molecule has 132 valence electrons. The number of phenolic OH excluding ortho intramolecular Hbond substituents is 1. The molecule has 1 unspecified atom stereocenters. The van der Waals surface area contributed by atoms with Gasteiger partial charge in [-0.2, -0.15) is 0 Å². The van der Waals surface area contributed by atoms with Crippen LogP contribution in [-0.2, 0) is 9.47 Å². The lowest BCUT2D eigenvalue weighted by Crippen LogP contribution is -2.39. The number of hydrogen-bond acceptors (Lipinski definition) is 5. The van der Waals surface area contributed by atoms with E-state index in [1.165, 1.54) is 13.2 Å². The number of halogens is 1. The Morgan fingerprint density at radius 1 is 1.20 bits per heavy atom. The number of nitrogens with zero attached hydrogens (tertiary/aromatic N) is 1. The van der Waals surface area contributed by atoms with Crippen LogP contribution in [0.3, 0.4) is 0 Å². The third-order valence-electron chi connectivity index (χ3n) is 4.35. The highest BCUT2D eigenvalue weighted by atomic mass is 35.5. The molecule has 3 rings (SSSR count). The summed E-state index contributed by atoms with van der Waals surface area (Å²) >= 11 is 6.44. The van der Waals surface area contributed by atoms with Gasteiger partial charge in [-0.15, -0.1) is 0 Å². The van der Waals surface area contributed by atoms with Crippen molar-refractivity contribution in [1.29, 1.82) is 0 Å². The highest BCUT2D eigenvalue weighted by Crippen LogP contribution is 2.38. The van der Waals surface area contributed by atoms with Crippen LogP contribution in [0.15, 0.2) is 42.5 Å². The van der Waals surface area contributed by atoms with Crippen LogP contribution in [0.25, 0.3) is 0 Å². The van der Waals surface area contributed by atoms with Crippen LogP contribution >= 0.6 is 11.6 Å². The monoisotopic (exact) mass is 361 g/mol. The second-order valence-electron chi connectivity index (χ2n) is 5.84. The molecule has 0 spiro atoms. The average Bonchev–Trinajstić information content (AvgIpc) is 2.65. The number of methoxy groups -OCH3 is 1. The second kappa shape index (κ2) is 7.87. The van der Waals surface area contributed by atoms with Crippen molar-refractivity contribution in [2.24, 2.45) is 0 Å². The summed E-state index contributed by atoms with van der Waals surface area (Å²) in [6.45, 7) is 2.63. The van der Waals surface area contributed by atoms with Crippen molar-refractivity contribution in [3.63, 3.8) is 0 Å². The fourth-order valence-corrected chi connectivity index (χ4v) is 3.35. The smallest absolute Gasteiger partial charge is 0.337 e. The van der Waals surface area contributed by atoms with Crippen molar-refractivity contribution in [1.82, 2.24) is 4.90 Å². The van der Waals surface area contributed by atoms with E-state index >= 15 is 0 Å². The Bertz CT molecular complexity index is 759. The first-order valence-electron chi connectivity index (χ1n) is 8.09. The number of morpholine rings is 1. The van der Waals surface area contributed by atoms with Crippen LogP contribution in [0, 0.1) is 0 Å². The molecule has 1 fully saturated rings. The van der Waals surface area contributed by atoms with Crippen LogP contribution in [0.1, 0.15) is 27.5 Å². The van der Waals surface area contributed by atoms with Crippen molar-refractivity contribution < 1.29 is 19.4 Å². The van der Waals surface area contributed by atoms with E-state index in [4.69, 9.17) is 21.1 Å². The number of rotatable bonds is 4. The number of carbonyl (C=O) groups is 1. The van der Waals surface area contributed by atoms with Gasteiger partial charge in [0.2, 0.25) is 0 Å². The summed E-state index contributed by atoms with van der Waals surface area (Å²) in [7, 11) is 1.34. The number of benzene rings is 2. The molecule has 0 amide bonds. The maximum absolute atomic E-state index is 11.9. The number of carbonyl (C=O) groups excluding carboxylic acids is 1. The minimum Gasteiger partial charge on any atom is -0.508 e.